The summed E-state index contributed by atoms with van der Waals surface area (Å²) in [4.78, 5) is 13.2. The van der Waals surface area contributed by atoms with Crippen molar-refractivity contribution in [2.24, 2.45) is 0 Å². The van der Waals surface area contributed by atoms with E-state index in [1.165, 1.54) is 0 Å². The topological polar surface area (TPSA) is 60.8 Å². The number of carbonyl (C=O) groups is 1. The Bertz CT molecular complexity index is 420. The van der Waals surface area contributed by atoms with E-state index in [2.05, 4.69) is 0 Å². The fourth-order valence-electron chi connectivity index (χ4n) is 2.54. The van der Waals surface area contributed by atoms with E-state index in [0.29, 0.717) is 13.0 Å². The van der Waals surface area contributed by atoms with Gasteiger partial charge >= 0.3 is 5.97 Å². The number of hydrogen-bond acceptors (Lipinski definition) is 3. The van der Waals surface area contributed by atoms with Crippen molar-refractivity contribution in [3.63, 3.8) is 0 Å². The maximum absolute atomic E-state index is 11.3. The summed E-state index contributed by atoms with van der Waals surface area (Å²) < 4.78 is 0. The van der Waals surface area contributed by atoms with Crippen LogP contribution in [0.2, 0.25) is 0 Å². The molecule has 0 aliphatic carbocycles. The number of likely N-dealkylation sites (tertiary alicyclic amines) is 1. The van der Waals surface area contributed by atoms with Gasteiger partial charge in [0.1, 0.15) is 5.54 Å². The molecule has 1 saturated heterocycles. The van der Waals surface area contributed by atoms with Crippen LogP contribution >= 0.6 is 0 Å². The van der Waals surface area contributed by atoms with Crippen molar-refractivity contribution < 1.29 is 15.0 Å². The molecule has 1 aliphatic heterocycles. The number of hydrogen-bond donors (Lipinski definition) is 2. The molecule has 0 spiro atoms. The van der Waals surface area contributed by atoms with Crippen LogP contribution < -0.4 is 0 Å². The Labute approximate surface area is 107 Å². The highest BCUT2D eigenvalue weighted by Gasteiger charge is 2.43. The van der Waals surface area contributed by atoms with Gasteiger partial charge in [-0.2, -0.15) is 0 Å². The van der Waals surface area contributed by atoms with Crippen molar-refractivity contribution in [3.05, 3.63) is 35.9 Å². The van der Waals surface area contributed by atoms with E-state index in [4.69, 9.17) is 0 Å². The quantitative estimate of drug-likeness (QED) is 0.852. The van der Waals surface area contributed by atoms with Gasteiger partial charge in [-0.05, 0) is 31.9 Å². The van der Waals surface area contributed by atoms with Crippen LogP contribution in [0.15, 0.2) is 30.3 Å². The first-order valence-electron chi connectivity index (χ1n) is 6.25. The third-order valence-corrected chi connectivity index (χ3v) is 3.83. The third kappa shape index (κ3) is 2.40. The molecule has 4 heteroatoms. The molecule has 1 heterocycles. The first kappa shape index (κ1) is 13.1. The lowest BCUT2D eigenvalue weighted by Crippen LogP contribution is -2.49. The van der Waals surface area contributed by atoms with Gasteiger partial charge < -0.3 is 10.2 Å². The van der Waals surface area contributed by atoms with Crippen LogP contribution in [0.25, 0.3) is 0 Å². The first-order chi connectivity index (χ1) is 8.54. The van der Waals surface area contributed by atoms with E-state index in [0.717, 1.165) is 18.5 Å². The van der Waals surface area contributed by atoms with Crippen LogP contribution in [0, 0.1) is 0 Å². The number of carboxylic acids is 1. The van der Waals surface area contributed by atoms with Crippen LogP contribution in [0.3, 0.4) is 0 Å². The lowest BCUT2D eigenvalue weighted by atomic mass is 9.98. The predicted octanol–water partition coefficient (Wildman–Crippen LogP) is 1.66. The summed E-state index contributed by atoms with van der Waals surface area (Å²) in [6, 6.07) is 9.36. The number of aliphatic hydroxyl groups is 1. The minimum Gasteiger partial charge on any atom is -0.480 e. The monoisotopic (exact) mass is 249 g/mol. The van der Waals surface area contributed by atoms with Crippen molar-refractivity contribution in [3.8, 4) is 0 Å². The molecule has 98 valence electrons. The van der Waals surface area contributed by atoms with Crippen LogP contribution in [0.1, 0.15) is 31.4 Å². The molecule has 0 amide bonds. The number of carboxylic acid groups (broad SMARTS) is 1. The minimum atomic E-state index is -0.838. The van der Waals surface area contributed by atoms with Crippen molar-refractivity contribution >= 4 is 5.97 Å². The zero-order chi connectivity index (χ0) is 13.2. The summed E-state index contributed by atoms with van der Waals surface area (Å²) in [5.41, 5.74) is -0.00686. The molecule has 0 bridgehead atoms. The fraction of sp³-hybridized carbons (Fsp3) is 0.500. The summed E-state index contributed by atoms with van der Waals surface area (Å²) in [5, 5.41) is 19.5. The van der Waals surface area contributed by atoms with E-state index in [9.17, 15) is 15.0 Å². The molecule has 0 aromatic heterocycles. The van der Waals surface area contributed by atoms with Gasteiger partial charge in [-0.3, -0.25) is 9.69 Å². The zero-order valence-electron chi connectivity index (χ0n) is 10.5. The van der Waals surface area contributed by atoms with E-state index in [1.807, 2.05) is 35.2 Å². The lowest BCUT2D eigenvalue weighted by molar-refractivity contribution is -0.149. The molecule has 0 radical (unpaired) electrons. The maximum atomic E-state index is 11.3. The van der Waals surface area contributed by atoms with Crippen LogP contribution in [0.5, 0.6) is 0 Å². The maximum Gasteiger partial charge on any atom is 0.323 e. The van der Waals surface area contributed by atoms with Gasteiger partial charge in [-0.25, -0.2) is 0 Å². The summed E-state index contributed by atoms with van der Waals surface area (Å²) in [6.07, 6.45) is 0.872. The van der Waals surface area contributed by atoms with Gasteiger partial charge in [-0.1, -0.05) is 30.3 Å². The highest BCUT2D eigenvalue weighted by molar-refractivity contribution is 5.78. The van der Waals surface area contributed by atoms with Crippen molar-refractivity contribution in [1.29, 1.82) is 0 Å². The summed E-state index contributed by atoms with van der Waals surface area (Å²) in [5.74, 6) is -0.805. The van der Waals surface area contributed by atoms with Gasteiger partial charge in [0.15, 0.2) is 0 Å². The normalized spacial score (nSPS) is 26.1. The van der Waals surface area contributed by atoms with Gasteiger partial charge in [0.25, 0.3) is 0 Å². The summed E-state index contributed by atoms with van der Waals surface area (Å²) in [6.45, 7) is 2.83. The highest BCUT2D eigenvalue weighted by atomic mass is 16.4. The Kier molecular flexibility index (Phi) is 3.68. The molecule has 1 aromatic rings. The van der Waals surface area contributed by atoms with Crippen LogP contribution in [-0.2, 0) is 4.79 Å². The second kappa shape index (κ2) is 5.08. The van der Waals surface area contributed by atoms with Gasteiger partial charge in [0.2, 0.25) is 0 Å². The number of β-amino-alcohol motifs (C(OH)–C–C–N with tert-alkyl or cyclic N) is 1. The molecule has 1 aliphatic rings. The van der Waals surface area contributed by atoms with E-state index >= 15 is 0 Å². The lowest BCUT2D eigenvalue weighted by Gasteiger charge is -2.32. The molecule has 2 atom stereocenters. The molecule has 0 saturated carbocycles. The Hall–Kier alpha value is -1.39. The molecular formula is C14H19NO3. The first-order valence-corrected chi connectivity index (χ1v) is 6.25. The van der Waals surface area contributed by atoms with Gasteiger partial charge in [0, 0.05) is 6.54 Å². The predicted molar refractivity (Wildman–Crippen MR) is 68.2 cm³/mol. The molecule has 18 heavy (non-hydrogen) atoms. The zero-order valence-corrected chi connectivity index (χ0v) is 10.5. The minimum absolute atomic E-state index is 0.368. The standard InChI is InChI=1S/C14H19NO3/c1-14(13(17)18)8-5-9-15(14)10-12(16)11-6-3-2-4-7-11/h2-4,6-7,12,16H,5,8-10H2,1H3,(H,17,18). The van der Waals surface area contributed by atoms with Crippen molar-refractivity contribution in [1.82, 2.24) is 4.90 Å². The second-order valence-corrected chi connectivity index (χ2v) is 5.06. The molecule has 2 unspecified atom stereocenters. The van der Waals surface area contributed by atoms with Gasteiger partial charge in [-0.15, -0.1) is 0 Å². The second-order valence-electron chi connectivity index (χ2n) is 5.06. The van der Waals surface area contributed by atoms with E-state index in [1.54, 1.807) is 6.92 Å². The fourth-order valence-corrected chi connectivity index (χ4v) is 2.54. The number of rotatable bonds is 4. The Balaban J connectivity index is 2.08. The number of aliphatic carboxylic acids is 1. The average Bonchev–Trinajstić information content (AvgIpc) is 2.73. The summed E-state index contributed by atoms with van der Waals surface area (Å²) >= 11 is 0. The van der Waals surface area contributed by atoms with E-state index in [-0.39, 0.29) is 0 Å². The number of aliphatic hydroxyl groups excluding tert-OH is 1. The molecule has 2 rings (SSSR count). The molecule has 1 fully saturated rings. The molecular weight excluding hydrogens is 230 g/mol. The Morgan fingerprint density at radius 3 is 2.72 bits per heavy atom. The van der Waals surface area contributed by atoms with Crippen LogP contribution in [-0.4, -0.2) is 39.7 Å². The van der Waals surface area contributed by atoms with E-state index < -0.39 is 17.6 Å². The molecule has 2 N–H and O–H groups in total. The third-order valence-electron chi connectivity index (χ3n) is 3.83. The SMILES string of the molecule is CC1(C(=O)O)CCCN1CC(O)c1ccccc1. The number of benzene rings is 1. The molecule has 4 nitrogen and oxygen atoms in total. The summed E-state index contributed by atoms with van der Waals surface area (Å²) in [7, 11) is 0. The van der Waals surface area contributed by atoms with Gasteiger partial charge in [0.05, 0.1) is 6.10 Å². The van der Waals surface area contributed by atoms with Crippen molar-refractivity contribution in [2.45, 2.75) is 31.4 Å². The van der Waals surface area contributed by atoms with Crippen LogP contribution in [0.4, 0.5) is 0 Å². The Morgan fingerprint density at radius 2 is 2.11 bits per heavy atom. The average molecular weight is 249 g/mol. The smallest absolute Gasteiger partial charge is 0.323 e. The molecule has 1 aromatic carbocycles. The Morgan fingerprint density at radius 1 is 1.44 bits per heavy atom. The number of nitrogens with zero attached hydrogens (tertiary/aromatic N) is 1. The largest absolute Gasteiger partial charge is 0.480 e. The highest BCUT2D eigenvalue weighted by Crippen LogP contribution is 2.31. The van der Waals surface area contributed by atoms with Crippen molar-refractivity contribution in [2.75, 3.05) is 13.1 Å².